The van der Waals surface area contributed by atoms with E-state index in [4.69, 9.17) is 4.74 Å². The number of anilines is 1. The minimum absolute atomic E-state index is 0.126. The average Bonchev–Trinajstić information content (AvgIpc) is 2.90. The van der Waals surface area contributed by atoms with Gasteiger partial charge in [-0.05, 0) is 18.2 Å². The summed E-state index contributed by atoms with van der Waals surface area (Å²) in [5.41, 5.74) is 0. The molecule has 0 saturated carbocycles. The second-order valence-electron chi connectivity index (χ2n) is 3.89. The van der Waals surface area contributed by atoms with E-state index < -0.39 is 11.6 Å². The molecule has 0 aliphatic rings. The molecule has 1 amide bonds. The van der Waals surface area contributed by atoms with Crippen LogP contribution in [0.4, 0.5) is 14.7 Å². The van der Waals surface area contributed by atoms with Gasteiger partial charge in [0.1, 0.15) is 0 Å². The van der Waals surface area contributed by atoms with Gasteiger partial charge in [-0.25, -0.2) is 13.9 Å². The summed E-state index contributed by atoms with van der Waals surface area (Å²) >= 11 is 1.25. The predicted molar refractivity (Wildman–Crippen MR) is 73.3 cm³/mol. The average molecular weight is 314 g/mol. The summed E-state index contributed by atoms with van der Waals surface area (Å²) in [6.07, 6.45) is 0.187. The molecule has 0 fully saturated rings. The van der Waals surface area contributed by atoms with E-state index in [9.17, 15) is 13.6 Å². The van der Waals surface area contributed by atoms with E-state index in [1.54, 1.807) is 0 Å². The molecule has 0 bridgehead atoms. The van der Waals surface area contributed by atoms with E-state index in [1.807, 2.05) is 0 Å². The fourth-order valence-electron chi connectivity index (χ4n) is 1.42. The molecule has 1 aromatic heterocycles. The third kappa shape index (κ3) is 4.42. The number of carbonyl (C=O) groups excluding carboxylic acids is 1. The zero-order valence-electron chi connectivity index (χ0n) is 11.0. The summed E-state index contributed by atoms with van der Waals surface area (Å²) in [6.45, 7) is 0. The molecule has 112 valence electrons. The van der Waals surface area contributed by atoms with Crippen LogP contribution in [-0.4, -0.2) is 34.0 Å². The van der Waals surface area contributed by atoms with Crippen molar-refractivity contribution in [3.8, 4) is 6.01 Å². The lowest BCUT2D eigenvalue weighted by atomic mass is 10.3. The van der Waals surface area contributed by atoms with Crippen LogP contribution in [0.15, 0.2) is 23.1 Å². The zero-order chi connectivity index (χ0) is 15.2. The summed E-state index contributed by atoms with van der Waals surface area (Å²) < 4.78 is 30.5. The summed E-state index contributed by atoms with van der Waals surface area (Å²) in [6, 6.07) is 3.74. The van der Waals surface area contributed by atoms with Crippen molar-refractivity contribution in [3.63, 3.8) is 0 Å². The lowest BCUT2D eigenvalue weighted by Gasteiger charge is -2.03. The van der Waals surface area contributed by atoms with E-state index in [1.165, 1.54) is 24.9 Å². The lowest BCUT2D eigenvalue weighted by molar-refractivity contribution is -0.115. The van der Waals surface area contributed by atoms with E-state index in [2.05, 4.69) is 20.5 Å². The molecule has 0 aliphatic carbocycles. The highest BCUT2D eigenvalue weighted by molar-refractivity contribution is 7.99. The van der Waals surface area contributed by atoms with Gasteiger partial charge < -0.3 is 4.74 Å². The number of methoxy groups -OCH3 is 1. The number of hydrogen-bond acceptors (Lipinski definition) is 5. The Balaban J connectivity index is 1.77. The van der Waals surface area contributed by atoms with E-state index in [0.29, 0.717) is 10.6 Å². The molecule has 2 N–H and O–H groups in total. The molecule has 1 heterocycles. The van der Waals surface area contributed by atoms with Gasteiger partial charge in [0, 0.05) is 17.1 Å². The van der Waals surface area contributed by atoms with Crippen LogP contribution in [-0.2, 0) is 4.79 Å². The third-order valence-electron chi connectivity index (χ3n) is 2.39. The van der Waals surface area contributed by atoms with Crippen LogP contribution in [0.1, 0.15) is 6.42 Å². The van der Waals surface area contributed by atoms with Gasteiger partial charge in [-0.2, -0.15) is 4.98 Å². The first-order valence-electron chi connectivity index (χ1n) is 5.92. The molecule has 2 rings (SSSR count). The third-order valence-corrected chi connectivity index (χ3v) is 3.39. The summed E-state index contributed by atoms with van der Waals surface area (Å²) in [5.74, 6) is -1.46. The van der Waals surface area contributed by atoms with Crippen LogP contribution in [0.2, 0.25) is 0 Å². The minimum Gasteiger partial charge on any atom is -0.466 e. The second-order valence-corrected chi connectivity index (χ2v) is 5.06. The van der Waals surface area contributed by atoms with Crippen LogP contribution >= 0.6 is 11.8 Å². The lowest BCUT2D eigenvalue weighted by Crippen LogP contribution is -2.13. The molecule has 0 spiro atoms. The molecule has 9 heteroatoms. The van der Waals surface area contributed by atoms with Crippen LogP contribution in [0.3, 0.4) is 0 Å². The number of amides is 1. The molecule has 0 aliphatic heterocycles. The number of H-pyrrole nitrogens is 1. The van der Waals surface area contributed by atoms with Crippen molar-refractivity contribution in [1.82, 2.24) is 15.2 Å². The number of carbonyl (C=O) groups is 1. The monoisotopic (exact) mass is 314 g/mol. The molecule has 0 atom stereocenters. The maximum atomic E-state index is 13.0. The molecular weight excluding hydrogens is 302 g/mol. The molecular formula is C12H12F2N4O2S. The first-order chi connectivity index (χ1) is 10.1. The number of ether oxygens (including phenoxy) is 1. The normalized spacial score (nSPS) is 10.4. The largest absolute Gasteiger partial charge is 0.466 e. The first-order valence-corrected chi connectivity index (χ1v) is 6.91. The van der Waals surface area contributed by atoms with Crippen molar-refractivity contribution in [2.75, 3.05) is 18.2 Å². The highest BCUT2D eigenvalue weighted by atomic mass is 32.2. The first kappa shape index (κ1) is 15.2. The quantitative estimate of drug-likeness (QED) is 0.799. The maximum Gasteiger partial charge on any atom is 0.336 e. The van der Waals surface area contributed by atoms with Gasteiger partial charge in [0.2, 0.25) is 11.9 Å². The van der Waals surface area contributed by atoms with Gasteiger partial charge in [0.25, 0.3) is 0 Å². The molecule has 2 aromatic rings. The Morgan fingerprint density at radius 2 is 2.24 bits per heavy atom. The molecule has 1 aromatic carbocycles. The molecule has 21 heavy (non-hydrogen) atoms. The van der Waals surface area contributed by atoms with E-state index in [0.717, 1.165) is 12.1 Å². The second kappa shape index (κ2) is 7.02. The van der Waals surface area contributed by atoms with E-state index in [-0.39, 0.29) is 24.3 Å². The number of aromatic nitrogens is 3. The highest BCUT2D eigenvalue weighted by Crippen LogP contribution is 2.21. The van der Waals surface area contributed by atoms with E-state index >= 15 is 0 Å². The summed E-state index contributed by atoms with van der Waals surface area (Å²) in [5, 5.41) is 8.68. The highest BCUT2D eigenvalue weighted by Gasteiger charge is 2.08. The Bertz CT molecular complexity index is 635. The van der Waals surface area contributed by atoms with Gasteiger partial charge in [0.05, 0.1) is 7.11 Å². The smallest absolute Gasteiger partial charge is 0.336 e. The Morgan fingerprint density at radius 1 is 1.43 bits per heavy atom. The Kier molecular flexibility index (Phi) is 5.09. The van der Waals surface area contributed by atoms with Crippen molar-refractivity contribution < 1.29 is 18.3 Å². The minimum atomic E-state index is -0.904. The predicted octanol–water partition coefficient (Wildman–Crippen LogP) is 2.21. The van der Waals surface area contributed by atoms with Crippen LogP contribution in [0.25, 0.3) is 0 Å². The fourth-order valence-corrected chi connectivity index (χ4v) is 2.29. The molecule has 0 saturated heterocycles. The standard InChI is InChI=1S/C12H12F2N4O2S/c1-20-12-16-11(17-18-12)15-10(19)4-5-21-7-2-3-8(13)9(14)6-7/h2-3,6H,4-5H2,1H3,(H2,15,16,17,18,19). The number of thioether (sulfide) groups is 1. The topological polar surface area (TPSA) is 79.9 Å². The number of rotatable bonds is 6. The Morgan fingerprint density at radius 3 is 2.90 bits per heavy atom. The van der Waals surface area contributed by atoms with Gasteiger partial charge in [0.15, 0.2) is 11.6 Å². The van der Waals surface area contributed by atoms with Crippen molar-refractivity contribution in [2.24, 2.45) is 0 Å². The molecule has 6 nitrogen and oxygen atoms in total. The molecule has 0 radical (unpaired) electrons. The summed E-state index contributed by atoms with van der Waals surface area (Å²) in [4.78, 5) is 16.0. The van der Waals surface area contributed by atoms with Gasteiger partial charge in [-0.15, -0.1) is 16.9 Å². The fraction of sp³-hybridized carbons (Fsp3) is 0.250. The van der Waals surface area contributed by atoms with Crippen LogP contribution in [0, 0.1) is 11.6 Å². The SMILES string of the molecule is COc1n[nH]c(NC(=O)CCSc2ccc(F)c(F)c2)n1. The van der Waals surface area contributed by atoms with Gasteiger partial charge in [-0.1, -0.05) is 0 Å². The number of nitrogens with zero attached hydrogens (tertiary/aromatic N) is 2. The summed E-state index contributed by atoms with van der Waals surface area (Å²) in [7, 11) is 1.41. The Hall–Kier alpha value is -2.16. The number of aromatic amines is 1. The van der Waals surface area contributed by atoms with Crippen molar-refractivity contribution in [3.05, 3.63) is 29.8 Å². The zero-order valence-corrected chi connectivity index (χ0v) is 11.8. The van der Waals surface area contributed by atoms with Crippen molar-refractivity contribution in [1.29, 1.82) is 0 Å². The number of hydrogen-bond donors (Lipinski definition) is 2. The van der Waals surface area contributed by atoms with Crippen LogP contribution in [0.5, 0.6) is 6.01 Å². The molecule has 0 unspecified atom stereocenters. The van der Waals surface area contributed by atoms with Crippen molar-refractivity contribution >= 4 is 23.6 Å². The number of benzene rings is 1. The Labute approximate surface area is 123 Å². The van der Waals surface area contributed by atoms with Crippen molar-refractivity contribution in [2.45, 2.75) is 11.3 Å². The number of halogens is 2. The maximum absolute atomic E-state index is 13.0. The number of nitrogens with one attached hydrogen (secondary N) is 2. The van der Waals surface area contributed by atoms with Gasteiger partial charge in [-0.3, -0.25) is 10.1 Å². The van der Waals surface area contributed by atoms with Crippen LogP contribution < -0.4 is 10.1 Å². The van der Waals surface area contributed by atoms with Gasteiger partial charge >= 0.3 is 6.01 Å².